The van der Waals surface area contributed by atoms with Gasteiger partial charge in [-0.25, -0.2) is 9.97 Å². The van der Waals surface area contributed by atoms with Gasteiger partial charge in [-0.2, -0.15) is 0 Å². The molecule has 5 heteroatoms. The van der Waals surface area contributed by atoms with E-state index in [1.165, 1.54) is 12.4 Å². The number of hydrogen-bond acceptors (Lipinski definition) is 4. The van der Waals surface area contributed by atoms with Crippen LogP contribution in [0.3, 0.4) is 0 Å². The van der Waals surface area contributed by atoms with Crippen molar-refractivity contribution >= 4 is 21.7 Å². The van der Waals surface area contributed by atoms with Crippen LogP contribution in [-0.4, -0.2) is 9.97 Å². The normalized spacial score (nSPS) is 10.1. The first-order valence-corrected chi connectivity index (χ1v) is 5.46. The van der Waals surface area contributed by atoms with Crippen molar-refractivity contribution in [2.45, 2.75) is 6.92 Å². The molecular weight excluding hydrogens is 270 g/mol. The molecule has 0 radical (unpaired) electrons. The zero-order chi connectivity index (χ0) is 11.5. The van der Waals surface area contributed by atoms with Crippen LogP contribution in [0.5, 0.6) is 11.6 Å². The highest BCUT2D eigenvalue weighted by Crippen LogP contribution is 2.29. The topological polar surface area (TPSA) is 61.0 Å². The molecule has 0 saturated carbocycles. The van der Waals surface area contributed by atoms with Crippen molar-refractivity contribution in [1.29, 1.82) is 0 Å². The fourth-order valence-electron chi connectivity index (χ4n) is 1.18. The summed E-state index contributed by atoms with van der Waals surface area (Å²) in [4.78, 5) is 7.90. The molecule has 0 fully saturated rings. The molecule has 2 rings (SSSR count). The molecule has 1 aromatic carbocycles. The number of anilines is 1. The molecule has 0 saturated heterocycles. The molecule has 2 N–H and O–H groups in total. The maximum Gasteiger partial charge on any atom is 0.238 e. The van der Waals surface area contributed by atoms with Crippen molar-refractivity contribution in [2.75, 3.05) is 5.73 Å². The molecule has 4 nitrogen and oxygen atoms in total. The van der Waals surface area contributed by atoms with E-state index in [0.29, 0.717) is 17.4 Å². The van der Waals surface area contributed by atoms with E-state index in [9.17, 15) is 0 Å². The summed E-state index contributed by atoms with van der Waals surface area (Å²) in [5, 5.41) is 0. The largest absolute Gasteiger partial charge is 0.436 e. The summed E-state index contributed by atoms with van der Waals surface area (Å²) < 4.78 is 6.42. The van der Waals surface area contributed by atoms with Gasteiger partial charge in [0.2, 0.25) is 5.88 Å². The SMILES string of the molecule is Cc1ccc(Oc2cnc(N)cn2)c(Br)c1. The molecule has 16 heavy (non-hydrogen) atoms. The van der Waals surface area contributed by atoms with E-state index >= 15 is 0 Å². The van der Waals surface area contributed by atoms with Crippen LogP contribution in [-0.2, 0) is 0 Å². The lowest BCUT2D eigenvalue weighted by atomic mass is 10.2. The van der Waals surface area contributed by atoms with E-state index in [2.05, 4.69) is 25.9 Å². The Balaban J connectivity index is 2.23. The van der Waals surface area contributed by atoms with E-state index in [4.69, 9.17) is 10.5 Å². The minimum Gasteiger partial charge on any atom is -0.436 e. The first-order chi connectivity index (χ1) is 7.65. The molecule has 2 aromatic rings. The Hall–Kier alpha value is -1.62. The molecule has 0 atom stereocenters. The van der Waals surface area contributed by atoms with Crippen molar-refractivity contribution in [2.24, 2.45) is 0 Å². The van der Waals surface area contributed by atoms with Crippen LogP contribution in [0.1, 0.15) is 5.56 Å². The highest BCUT2D eigenvalue weighted by molar-refractivity contribution is 9.10. The molecular formula is C11H10BrN3O. The van der Waals surface area contributed by atoms with Gasteiger partial charge in [0.15, 0.2) is 0 Å². The molecule has 0 aliphatic heterocycles. The van der Waals surface area contributed by atoms with E-state index in [1.54, 1.807) is 0 Å². The third-order valence-corrected chi connectivity index (χ3v) is 2.57. The van der Waals surface area contributed by atoms with E-state index < -0.39 is 0 Å². The minimum absolute atomic E-state index is 0.371. The second-order valence-corrected chi connectivity index (χ2v) is 4.17. The highest BCUT2D eigenvalue weighted by atomic mass is 79.9. The number of aryl methyl sites for hydroxylation is 1. The number of nitrogens with zero attached hydrogens (tertiary/aromatic N) is 2. The summed E-state index contributed by atoms with van der Waals surface area (Å²) in [6.45, 7) is 2.01. The quantitative estimate of drug-likeness (QED) is 0.918. The van der Waals surface area contributed by atoms with Gasteiger partial charge >= 0.3 is 0 Å². The molecule has 1 heterocycles. The smallest absolute Gasteiger partial charge is 0.238 e. The van der Waals surface area contributed by atoms with Gasteiger partial charge in [-0.3, -0.25) is 0 Å². The monoisotopic (exact) mass is 279 g/mol. The maximum atomic E-state index is 5.54. The van der Waals surface area contributed by atoms with E-state index in [0.717, 1.165) is 10.0 Å². The summed E-state index contributed by atoms with van der Waals surface area (Å²) in [5.74, 6) is 1.48. The van der Waals surface area contributed by atoms with Crippen molar-refractivity contribution in [1.82, 2.24) is 9.97 Å². The number of benzene rings is 1. The second kappa shape index (κ2) is 4.49. The van der Waals surface area contributed by atoms with E-state index in [-0.39, 0.29) is 0 Å². The Kier molecular flexibility index (Phi) is 3.05. The lowest BCUT2D eigenvalue weighted by molar-refractivity contribution is 0.457. The number of nitrogen functional groups attached to an aromatic ring is 1. The van der Waals surface area contributed by atoms with Crippen LogP contribution >= 0.6 is 15.9 Å². The van der Waals surface area contributed by atoms with Gasteiger partial charge in [0.05, 0.1) is 16.9 Å². The van der Waals surface area contributed by atoms with Crippen LogP contribution in [0.15, 0.2) is 35.1 Å². The second-order valence-electron chi connectivity index (χ2n) is 3.32. The molecule has 0 bridgehead atoms. The number of hydrogen-bond donors (Lipinski definition) is 1. The number of rotatable bonds is 2. The van der Waals surface area contributed by atoms with Gasteiger partial charge in [0.25, 0.3) is 0 Å². The lowest BCUT2D eigenvalue weighted by Crippen LogP contribution is -1.94. The fourth-order valence-corrected chi connectivity index (χ4v) is 1.75. The predicted octanol–water partition coefficient (Wildman–Crippen LogP) is 2.92. The van der Waals surface area contributed by atoms with Crippen LogP contribution in [0, 0.1) is 6.92 Å². The van der Waals surface area contributed by atoms with Crippen molar-refractivity contribution in [3.63, 3.8) is 0 Å². The van der Waals surface area contributed by atoms with Crippen molar-refractivity contribution < 1.29 is 4.74 Å². The van der Waals surface area contributed by atoms with Gasteiger partial charge in [-0.15, -0.1) is 0 Å². The Labute approximate surface area is 102 Å². The Bertz CT molecular complexity index is 499. The number of halogens is 1. The van der Waals surface area contributed by atoms with Crippen LogP contribution in [0.25, 0.3) is 0 Å². The first kappa shape index (κ1) is 10.9. The number of nitrogens with two attached hydrogens (primary N) is 1. The fraction of sp³-hybridized carbons (Fsp3) is 0.0909. The highest BCUT2D eigenvalue weighted by Gasteiger charge is 2.03. The number of ether oxygens (including phenoxy) is 1. The first-order valence-electron chi connectivity index (χ1n) is 4.66. The predicted molar refractivity (Wildman–Crippen MR) is 65.4 cm³/mol. The summed E-state index contributed by atoms with van der Waals surface area (Å²) >= 11 is 3.42. The average molecular weight is 280 g/mol. The van der Waals surface area contributed by atoms with Gasteiger partial charge in [0.1, 0.15) is 11.6 Å². The molecule has 0 aliphatic rings. The molecule has 0 unspecified atom stereocenters. The Morgan fingerprint density at radius 3 is 2.69 bits per heavy atom. The number of aromatic nitrogens is 2. The zero-order valence-corrected chi connectivity index (χ0v) is 10.2. The summed E-state index contributed by atoms with van der Waals surface area (Å²) in [6, 6.07) is 5.81. The summed E-state index contributed by atoms with van der Waals surface area (Å²) in [5.41, 5.74) is 6.59. The van der Waals surface area contributed by atoms with E-state index in [1.807, 2.05) is 25.1 Å². The van der Waals surface area contributed by atoms with Crippen molar-refractivity contribution in [3.05, 3.63) is 40.6 Å². The average Bonchev–Trinajstić information content (AvgIpc) is 2.25. The Morgan fingerprint density at radius 2 is 2.06 bits per heavy atom. The van der Waals surface area contributed by atoms with Gasteiger partial charge in [0, 0.05) is 0 Å². The lowest BCUT2D eigenvalue weighted by Gasteiger charge is -2.06. The molecule has 0 spiro atoms. The zero-order valence-electron chi connectivity index (χ0n) is 8.64. The van der Waals surface area contributed by atoms with Crippen molar-refractivity contribution in [3.8, 4) is 11.6 Å². The van der Waals surface area contributed by atoms with Gasteiger partial charge in [-0.1, -0.05) is 6.07 Å². The molecule has 0 aliphatic carbocycles. The third-order valence-electron chi connectivity index (χ3n) is 1.95. The van der Waals surface area contributed by atoms with Crippen LogP contribution < -0.4 is 10.5 Å². The minimum atomic E-state index is 0.371. The molecule has 0 amide bonds. The third kappa shape index (κ3) is 2.49. The summed E-state index contributed by atoms with van der Waals surface area (Å²) in [6.07, 6.45) is 2.94. The van der Waals surface area contributed by atoms with Gasteiger partial charge in [-0.05, 0) is 40.5 Å². The molecule has 1 aromatic heterocycles. The van der Waals surface area contributed by atoms with Crippen LogP contribution in [0.2, 0.25) is 0 Å². The van der Waals surface area contributed by atoms with Gasteiger partial charge < -0.3 is 10.5 Å². The standard InChI is InChI=1S/C11H10BrN3O/c1-7-2-3-9(8(12)4-7)16-11-6-14-10(13)5-15-11/h2-6H,1H3,(H2,13,14). The van der Waals surface area contributed by atoms with Crippen LogP contribution in [0.4, 0.5) is 5.82 Å². The maximum absolute atomic E-state index is 5.54. The summed E-state index contributed by atoms with van der Waals surface area (Å²) in [7, 11) is 0. The molecule has 82 valence electrons. The Morgan fingerprint density at radius 1 is 1.25 bits per heavy atom.